The van der Waals surface area contributed by atoms with Crippen molar-refractivity contribution in [1.82, 2.24) is 5.06 Å². The molecule has 3 nitrogen and oxygen atoms in total. The van der Waals surface area contributed by atoms with Gasteiger partial charge < -0.3 is 4.84 Å². The summed E-state index contributed by atoms with van der Waals surface area (Å²) in [4.78, 5) is 4.95. The molecule has 0 aromatic heterocycles. The summed E-state index contributed by atoms with van der Waals surface area (Å²) in [6.45, 7) is 4.68. The van der Waals surface area contributed by atoms with Crippen molar-refractivity contribution in [2.24, 2.45) is 0 Å². The third-order valence-corrected chi connectivity index (χ3v) is 1.30. The SMILES string of the molecule is CCCN(OC)C(C)C#N. The van der Waals surface area contributed by atoms with E-state index in [1.807, 2.05) is 6.92 Å². The van der Waals surface area contributed by atoms with E-state index in [0.717, 1.165) is 13.0 Å². The lowest BCUT2D eigenvalue weighted by Crippen LogP contribution is -2.31. The molecule has 0 saturated carbocycles. The minimum absolute atomic E-state index is 0.148. The molecule has 0 aliphatic carbocycles. The van der Waals surface area contributed by atoms with E-state index in [2.05, 4.69) is 13.0 Å². The number of nitrogens with zero attached hydrogens (tertiary/aromatic N) is 2. The quantitative estimate of drug-likeness (QED) is 0.553. The fourth-order valence-corrected chi connectivity index (χ4v) is 0.728. The number of rotatable bonds is 4. The summed E-state index contributed by atoms with van der Waals surface area (Å²) in [6, 6.07) is 1.95. The smallest absolute Gasteiger partial charge is 0.119 e. The van der Waals surface area contributed by atoms with Gasteiger partial charge in [-0.05, 0) is 13.3 Å². The van der Waals surface area contributed by atoms with E-state index in [0.29, 0.717) is 0 Å². The standard InChI is InChI=1S/C7H14N2O/c1-4-5-9(10-3)7(2)6-8/h7H,4-5H2,1-3H3. The summed E-state index contributed by atoms with van der Waals surface area (Å²) in [5.41, 5.74) is 0. The fraction of sp³-hybridized carbons (Fsp3) is 0.857. The molecule has 0 aromatic carbocycles. The molecule has 58 valence electrons. The normalized spacial score (nSPS) is 13.1. The summed E-state index contributed by atoms with van der Waals surface area (Å²) in [5.74, 6) is 0. The molecule has 10 heavy (non-hydrogen) atoms. The number of hydroxylamine groups is 2. The average Bonchev–Trinajstić information content (AvgIpc) is 1.99. The molecule has 0 rings (SSSR count). The molecular formula is C7H14N2O. The highest BCUT2D eigenvalue weighted by Gasteiger charge is 2.09. The summed E-state index contributed by atoms with van der Waals surface area (Å²) >= 11 is 0. The van der Waals surface area contributed by atoms with Crippen LogP contribution in [0, 0.1) is 11.3 Å². The van der Waals surface area contributed by atoms with Crippen molar-refractivity contribution >= 4 is 0 Å². The maximum Gasteiger partial charge on any atom is 0.119 e. The molecule has 0 aliphatic rings. The Labute approximate surface area is 62.1 Å². The van der Waals surface area contributed by atoms with Crippen LogP contribution in [0.4, 0.5) is 0 Å². The van der Waals surface area contributed by atoms with Gasteiger partial charge in [-0.3, -0.25) is 0 Å². The van der Waals surface area contributed by atoms with Gasteiger partial charge in [-0.2, -0.15) is 10.3 Å². The molecule has 0 aromatic rings. The molecule has 0 N–H and O–H groups in total. The van der Waals surface area contributed by atoms with Crippen LogP contribution in [0.15, 0.2) is 0 Å². The zero-order valence-electron chi connectivity index (χ0n) is 6.79. The molecule has 1 atom stereocenters. The molecule has 0 fully saturated rings. The molecule has 0 bridgehead atoms. The summed E-state index contributed by atoms with van der Waals surface area (Å²) in [5, 5.41) is 10.2. The molecule has 0 spiro atoms. The molecule has 0 amide bonds. The Morgan fingerprint density at radius 3 is 2.60 bits per heavy atom. The maximum atomic E-state index is 8.49. The van der Waals surface area contributed by atoms with E-state index in [4.69, 9.17) is 10.1 Å². The lowest BCUT2D eigenvalue weighted by Gasteiger charge is -2.20. The third kappa shape index (κ3) is 2.81. The van der Waals surface area contributed by atoms with Crippen LogP contribution in [0.5, 0.6) is 0 Å². The van der Waals surface area contributed by atoms with Crippen LogP contribution >= 0.6 is 0 Å². The highest BCUT2D eigenvalue weighted by molar-refractivity contribution is 4.84. The van der Waals surface area contributed by atoms with Gasteiger partial charge in [0.2, 0.25) is 0 Å². The van der Waals surface area contributed by atoms with Crippen molar-refractivity contribution < 1.29 is 4.84 Å². The molecule has 0 aliphatic heterocycles. The van der Waals surface area contributed by atoms with Gasteiger partial charge in [0, 0.05) is 6.54 Å². The molecule has 3 heteroatoms. The number of nitriles is 1. The van der Waals surface area contributed by atoms with Crippen LogP contribution in [-0.2, 0) is 4.84 Å². The second-order valence-corrected chi connectivity index (χ2v) is 2.13. The number of hydrogen-bond acceptors (Lipinski definition) is 3. The minimum atomic E-state index is -0.148. The van der Waals surface area contributed by atoms with Gasteiger partial charge in [0.15, 0.2) is 0 Å². The van der Waals surface area contributed by atoms with Crippen LogP contribution in [0.1, 0.15) is 20.3 Å². The van der Waals surface area contributed by atoms with Crippen LogP contribution in [0.25, 0.3) is 0 Å². The highest BCUT2D eigenvalue weighted by Crippen LogP contribution is 1.97. The van der Waals surface area contributed by atoms with Gasteiger partial charge in [-0.15, -0.1) is 0 Å². The molecular weight excluding hydrogens is 128 g/mol. The lowest BCUT2D eigenvalue weighted by atomic mass is 10.3. The molecule has 0 saturated heterocycles. The predicted octanol–water partition coefficient (Wildman–Crippen LogP) is 1.17. The lowest BCUT2D eigenvalue weighted by molar-refractivity contribution is -0.144. The average molecular weight is 142 g/mol. The van der Waals surface area contributed by atoms with Gasteiger partial charge in [0.1, 0.15) is 6.04 Å². The second-order valence-electron chi connectivity index (χ2n) is 2.13. The van der Waals surface area contributed by atoms with E-state index in [9.17, 15) is 0 Å². The van der Waals surface area contributed by atoms with Crippen LogP contribution in [0.2, 0.25) is 0 Å². The molecule has 1 unspecified atom stereocenters. The maximum absolute atomic E-state index is 8.49. The first-order valence-corrected chi connectivity index (χ1v) is 3.46. The second kappa shape index (κ2) is 5.21. The van der Waals surface area contributed by atoms with Gasteiger partial charge in [-0.25, -0.2) is 0 Å². The van der Waals surface area contributed by atoms with Crippen molar-refractivity contribution in [3.8, 4) is 6.07 Å². The van der Waals surface area contributed by atoms with E-state index < -0.39 is 0 Å². The summed E-state index contributed by atoms with van der Waals surface area (Å²) < 4.78 is 0. The first-order valence-electron chi connectivity index (χ1n) is 3.46. The van der Waals surface area contributed by atoms with E-state index in [-0.39, 0.29) is 6.04 Å². The van der Waals surface area contributed by atoms with Crippen LogP contribution in [0.3, 0.4) is 0 Å². The zero-order valence-corrected chi connectivity index (χ0v) is 6.79. The Bertz CT molecular complexity index is 119. The van der Waals surface area contributed by atoms with Crippen molar-refractivity contribution in [3.63, 3.8) is 0 Å². The van der Waals surface area contributed by atoms with Gasteiger partial charge >= 0.3 is 0 Å². The molecule has 0 heterocycles. The Morgan fingerprint density at radius 1 is 1.70 bits per heavy atom. The third-order valence-electron chi connectivity index (χ3n) is 1.30. The largest absolute Gasteiger partial charge is 0.301 e. The van der Waals surface area contributed by atoms with Crippen LogP contribution in [-0.4, -0.2) is 24.8 Å². The van der Waals surface area contributed by atoms with Gasteiger partial charge in [0.05, 0.1) is 13.2 Å². The van der Waals surface area contributed by atoms with E-state index in [1.54, 1.807) is 12.2 Å². The molecule has 0 radical (unpaired) electrons. The summed E-state index contributed by atoms with van der Waals surface area (Å²) in [6.07, 6.45) is 1.000. The Hall–Kier alpha value is -0.590. The Morgan fingerprint density at radius 2 is 2.30 bits per heavy atom. The van der Waals surface area contributed by atoms with Gasteiger partial charge in [0.25, 0.3) is 0 Å². The number of hydrogen-bond donors (Lipinski definition) is 0. The predicted molar refractivity (Wildman–Crippen MR) is 39.1 cm³/mol. The topological polar surface area (TPSA) is 36.3 Å². The van der Waals surface area contributed by atoms with Crippen LogP contribution < -0.4 is 0 Å². The Balaban J connectivity index is 3.71. The minimum Gasteiger partial charge on any atom is -0.301 e. The van der Waals surface area contributed by atoms with E-state index >= 15 is 0 Å². The monoisotopic (exact) mass is 142 g/mol. The van der Waals surface area contributed by atoms with Crippen molar-refractivity contribution in [2.75, 3.05) is 13.7 Å². The van der Waals surface area contributed by atoms with Crippen molar-refractivity contribution in [3.05, 3.63) is 0 Å². The zero-order chi connectivity index (χ0) is 7.98. The van der Waals surface area contributed by atoms with E-state index in [1.165, 1.54) is 0 Å². The summed E-state index contributed by atoms with van der Waals surface area (Å²) in [7, 11) is 1.59. The first-order chi connectivity index (χ1) is 4.76. The fourth-order valence-electron chi connectivity index (χ4n) is 0.728. The van der Waals surface area contributed by atoms with Gasteiger partial charge in [-0.1, -0.05) is 6.92 Å². The van der Waals surface area contributed by atoms with Crippen molar-refractivity contribution in [2.45, 2.75) is 26.3 Å². The van der Waals surface area contributed by atoms with Crippen molar-refractivity contribution in [1.29, 1.82) is 5.26 Å². The first kappa shape index (κ1) is 9.41. The highest BCUT2D eigenvalue weighted by atomic mass is 16.7. The Kier molecular flexibility index (Phi) is 4.91.